The highest BCUT2D eigenvalue weighted by molar-refractivity contribution is 5.82. The van der Waals surface area contributed by atoms with Crippen LogP contribution < -0.4 is 11.1 Å². The maximum atomic E-state index is 11.4. The molecule has 1 aliphatic rings. The summed E-state index contributed by atoms with van der Waals surface area (Å²) in [7, 11) is 3.96. The molecule has 1 amide bonds. The Kier molecular flexibility index (Phi) is 3.69. The molecule has 0 aliphatic heterocycles. The smallest absolute Gasteiger partial charge is 0.237 e. The van der Waals surface area contributed by atoms with Crippen LogP contribution in [-0.4, -0.2) is 44.0 Å². The van der Waals surface area contributed by atoms with Crippen molar-refractivity contribution in [2.24, 2.45) is 11.7 Å². The van der Waals surface area contributed by atoms with E-state index >= 15 is 0 Å². The summed E-state index contributed by atoms with van der Waals surface area (Å²) in [6.07, 6.45) is 2.23. The fraction of sp³-hybridized carbons (Fsp3) is 0.889. The van der Waals surface area contributed by atoms with E-state index in [0.29, 0.717) is 12.5 Å². The Morgan fingerprint density at radius 3 is 2.69 bits per heavy atom. The van der Waals surface area contributed by atoms with E-state index < -0.39 is 0 Å². The highest BCUT2D eigenvalue weighted by Gasteiger charge is 2.32. The molecule has 1 saturated carbocycles. The Hall–Kier alpha value is -0.610. The Morgan fingerprint density at radius 1 is 1.62 bits per heavy atom. The minimum Gasteiger partial charge on any atom is -0.353 e. The molecule has 0 aromatic carbocycles. The number of hydrogen-bond donors (Lipinski definition) is 2. The first kappa shape index (κ1) is 10.5. The number of likely N-dealkylation sites (N-methyl/N-ethyl adjacent to an activating group) is 1. The second-order valence-corrected chi connectivity index (χ2v) is 3.96. The van der Waals surface area contributed by atoms with Crippen LogP contribution in [0.3, 0.4) is 0 Å². The van der Waals surface area contributed by atoms with Crippen LogP contribution in [0.5, 0.6) is 0 Å². The molecule has 0 bridgehead atoms. The van der Waals surface area contributed by atoms with Crippen molar-refractivity contribution in [1.82, 2.24) is 10.2 Å². The molecule has 4 heteroatoms. The van der Waals surface area contributed by atoms with Crippen LogP contribution in [0.4, 0.5) is 0 Å². The van der Waals surface area contributed by atoms with Gasteiger partial charge in [-0.2, -0.15) is 0 Å². The molecule has 0 unspecified atom stereocenters. The van der Waals surface area contributed by atoms with Crippen LogP contribution in [-0.2, 0) is 4.79 Å². The quantitative estimate of drug-likeness (QED) is 0.601. The van der Waals surface area contributed by atoms with Gasteiger partial charge in [0.1, 0.15) is 0 Å². The summed E-state index contributed by atoms with van der Waals surface area (Å²) < 4.78 is 0. The third kappa shape index (κ3) is 3.74. The molecule has 0 aromatic heterocycles. The van der Waals surface area contributed by atoms with Crippen LogP contribution in [0, 0.1) is 5.92 Å². The molecule has 1 atom stereocenters. The molecule has 0 heterocycles. The summed E-state index contributed by atoms with van der Waals surface area (Å²) in [5.41, 5.74) is 5.71. The summed E-state index contributed by atoms with van der Waals surface area (Å²) in [6, 6.07) is -0.276. The Balaban J connectivity index is 2.09. The fourth-order valence-corrected chi connectivity index (χ4v) is 1.19. The van der Waals surface area contributed by atoms with Crippen molar-refractivity contribution in [2.75, 3.05) is 27.2 Å². The van der Waals surface area contributed by atoms with Gasteiger partial charge in [-0.25, -0.2) is 0 Å². The largest absolute Gasteiger partial charge is 0.353 e. The van der Waals surface area contributed by atoms with Crippen LogP contribution in [0.1, 0.15) is 12.8 Å². The van der Waals surface area contributed by atoms with Crippen molar-refractivity contribution in [2.45, 2.75) is 18.9 Å². The molecule has 1 rings (SSSR count). The molecule has 13 heavy (non-hydrogen) atoms. The monoisotopic (exact) mass is 185 g/mol. The van der Waals surface area contributed by atoms with Gasteiger partial charge in [0.25, 0.3) is 0 Å². The van der Waals surface area contributed by atoms with Gasteiger partial charge in [-0.3, -0.25) is 4.79 Å². The lowest BCUT2D eigenvalue weighted by Gasteiger charge is -2.13. The number of hydrogen-bond acceptors (Lipinski definition) is 3. The van der Waals surface area contributed by atoms with Gasteiger partial charge in [-0.15, -0.1) is 0 Å². The van der Waals surface area contributed by atoms with E-state index in [1.165, 1.54) is 0 Å². The molecule has 1 fully saturated rings. The van der Waals surface area contributed by atoms with Crippen molar-refractivity contribution in [3.63, 3.8) is 0 Å². The maximum absolute atomic E-state index is 11.4. The number of carbonyl (C=O) groups is 1. The normalized spacial score (nSPS) is 18.8. The Bertz CT molecular complexity index is 178. The number of rotatable bonds is 5. The molecule has 0 aromatic rings. The minimum absolute atomic E-state index is 0.00403. The first-order valence-electron chi connectivity index (χ1n) is 4.79. The number of carbonyl (C=O) groups excluding carboxylic acids is 1. The molecule has 4 nitrogen and oxygen atoms in total. The molecule has 1 aliphatic carbocycles. The summed E-state index contributed by atoms with van der Waals surface area (Å²) in [5.74, 6) is 0.448. The van der Waals surface area contributed by atoms with Crippen LogP contribution in [0.25, 0.3) is 0 Å². The van der Waals surface area contributed by atoms with Gasteiger partial charge in [0.2, 0.25) is 5.91 Å². The van der Waals surface area contributed by atoms with Crippen molar-refractivity contribution in [3.8, 4) is 0 Å². The van der Waals surface area contributed by atoms with Crippen LogP contribution >= 0.6 is 0 Å². The standard InChI is InChI=1S/C9H19N3O/c1-12(2)6-5-11-9(13)8(10)7-3-4-7/h7-8H,3-6,10H2,1-2H3,(H,11,13)/t8-/m1/s1. The van der Waals surface area contributed by atoms with E-state index in [-0.39, 0.29) is 11.9 Å². The zero-order valence-electron chi connectivity index (χ0n) is 8.42. The lowest BCUT2D eigenvalue weighted by Crippen LogP contribution is -2.44. The topological polar surface area (TPSA) is 58.4 Å². The van der Waals surface area contributed by atoms with Crippen molar-refractivity contribution < 1.29 is 4.79 Å². The van der Waals surface area contributed by atoms with E-state index in [4.69, 9.17) is 5.73 Å². The lowest BCUT2D eigenvalue weighted by molar-refractivity contribution is -0.122. The molecule has 0 radical (unpaired) electrons. The fourth-order valence-electron chi connectivity index (χ4n) is 1.19. The first-order valence-corrected chi connectivity index (χ1v) is 4.79. The summed E-state index contributed by atoms with van der Waals surface area (Å²) in [4.78, 5) is 13.4. The van der Waals surface area contributed by atoms with Crippen molar-refractivity contribution in [3.05, 3.63) is 0 Å². The van der Waals surface area contributed by atoms with E-state index in [1.807, 2.05) is 19.0 Å². The number of amides is 1. The summed E-state index contributed by atoms with van der Waals surface area (Å²) >= 11 is 0. The Labute approximate surface area is 79.5 Å². The SMILES string of the molecule is CN(C)CCNC(=O)[C@H](N)C1CC1. The van der Waals surface area contributed by atoms with Gasteiger partial charge in [0.15, 0.2) is 0 Å². The molecule has 0 saturated heterocycles. The predicted octanol–water partition coefficient (Wildman–Crippen LogP) is -0.598. The predicted molar refractivity (Wildman–Crippen MR) is 52.3 cm³/mol. The molecular weight excluding hydrogens is 166 g/mol. The molecule has 0 spiro atoms. The van der Waals surface area contributed by atoms with Gasteiger partial charge in [0.05, 0.1) is 6.04 Å². The van der Waals surface area contributed by atoms with Gasteiger partial charge in [-0.05, 0) is 32.9 Å². The summed E-state index contributed by atoms with van der Waals surface area (Å²) in [5, 5.41) is 2.83. The van der Waals surface area contributed by atoms with E-state index in [2.05, 4.69) is 5.32 Å². The minimum atomic E-state index is -0.276. The van der Waals surface area contributed by atoms with Gasteiger partial charge in [-0.1, -0.05) is 0 Å². The maximum Gasteiger partial charge on any atom is 0.237 e. The number of nitrogens with two attached hydrogens (primary N) is 1. The number of nitrogens with zero attached hydrogens (tertiary/aromatic N) is 1. The van der Waals surface area contributed by atoms with Crippen LogP contribution in [0.2, 0.25) is 0 Å². The molecule has 76 valence electrons. The zero-order valence-corrected chi connectivity index (χ0v) is 8.42. The summed E-state index contributed by atoms with van der Waals surface area (Å²) in [6.45, 7) is 1.55. The zero-order chi connectivity index (χ0) is 9.84. The van der Waals surface area contributed by atoms with Crippen LogP contribution in [0.15, 0.2) is 0 Å². The lowest BCUT2D eigenvalue weighted by atomic mass is 10.2. The van der Waals surface area contributed by atoms with E-state index in [9.17, 15) is 4.79 Å². The highest BCUT2D eigenvalue weighted by Crippen LogP contribution is 2.31. The van der Waals surface area contributed by atoms with E-state index in [1.54, 1.807) is 0 Å². The molecule has 3 N–H and O–H groups in total. The third-order valence-corrected chi connectivity index (χ3v) is 2.29. The molecular formula is C9H19N3O. The van der Waals surface area contributed by atoms with Crippen molar-refractivity contribution in [1.29, 1.82) is 0 Å². The van der Waals surface area contributed by atoms with E-state index in [0.717, 1.165) is 19.4 Å². The van der Waals surface area contributed by atoms with Gasteiger partial charge >= 0.3 is 0 Å². The number of nitrogens with one attached hydrogen (secondary N) is 1. The van der Waals surface area contributed by atoms with Gasteiger partial charge < -0.3 is 16.0 Å². The Morgan fingerprint density at radius 2 is 2.23 bits per heavy atom. The average Bonchev–Trinajstić information content (AvgIpc) is 2.84. The van der Waals surface area contributed by atoms with Crippen molar-refractivity contribution >= 4 is 5.91 Å². The first-order chi connectivity index (χ1) is 6.11. The second kappa shape index (κ2) is 4.58. The third-order valence-electron chi connectivity index (χ3n) is 2.29. The van der Waals surface area contributed by atoms with Gasteiger partial charge in [0, 0.05) is 13.1 Å². The second-order valence-electron chi connectivity index (χ2n) is 3.96. The highest BCUT2D eigenvalue weighted by atomic mass is 16.2. The average molecular weight is 185 g/mol.